The van der Waals surface area contributed by atoms with Gasteiger partial charge in [0.25, 0.3) is 0 Å². The zero-order valence-corrected chi connectivity index (χ0v) is 11.4. The maximum absolute atomic E-state index is 5.57. The highest BCUT2D eigenvalue weighted by molar-refractivity contribution is 5.45. The van der Waals surface area contributed by atoms with Crippen molar-refractivity contribution in [2.24, 2.45) is 0 Å². The van der Waals surface area contributed by atoms with E-state index < -0.39 is 0 Å². The second-order valence-electron chi connectivity index (χ2n) is 4.65. The van der Waals surface area contributed by atoms with E-state index in [-0.39, 0.29) is 0 Å². The summed E-state index contributed by atoms with van der Waals surface area (Å²) < 4.78 is 5.57. The van der Waals surface area contributed by atoms with Crippen LogP contribution in [0.1, 0.15) is 18.3 Å². The molecule has 5 nitrogen and oxygen atoms in total. The largest absolute Gasteiger partial charge is 0.377 e. The minimum Gasteiger partial charge on any atom is -0.377 e. The van der Waals surface area contributed by atoms with E-state index in [9.17, 15) is 0 Å². The molecule has 0 saturated carbocycles. The van der Waals surface area contributed by atoms with Crippen LogP contribution in [0.25, 0.3) is 0 Å². The van der Waals surface area contributed by atoms with Gasteiger partial charge in [-0.05, 0) is 20.4 Å². The first-order valence-electron chi connectivity index (χ1n) is 6.57. The second-order valence-corrected chi connectivity index (χ2v) is 4.65. The molecule has 0 bridgehead atoms. The Balaban J connectivity index is 2.19. The molecule has 1 atom stereocenters. The molecule has 1 unspecified atom stereocenters. The maximum Gasteiger partial charge on any atom is 0.150 e. The molecule has 0 aliphatic carbocycles. The summed E-state index contributed by atoms with van der Waals surface area (Å²) in [6.07, 6.45) is 1.82. The Bertz CT molecular complexity index is 397. The molecule has 0 aromatic carbocycles. The molecular weight excluding hydrogens is 228 g/mol. The zero-order valence-electron chi connectivity index (χ0n) is 11.4. The molecule has 1 N–H and O–H groups in total. The van der Waals surface area contributed by atoms with Gasteiger partial charge in [0.2, 0.25) is 0 Å². The van der Waals surface area contributed by atoms with E-state index in [2.05, 4.69) is 27.1 Å². The summed E-state index contributed by atoms with van der Waals surface area (Å²) in [7, 11) is 0. The second kappa shape index (κ2) is 6.11. The average Bonchev–Trinajstić information content (AvgIpc) is 2.39. The molecule has 18 heavy (non-hydrogen) atoms. The Kier molecular flexibility index (Phi) is 4.49. The highest BCUT2D eigenvalue weighted by Gasteiger charge is 2.25. The molecule has 1 aromatic heterocycles. The van der Waals surface area contributed by atoms with Gasteiger partial charge in [-0.2, -0.15) is 0 Å². The fourth-order valence-electron chi connectivity index (χ4n) is 2.21. The monoisotopic (exact) mass is 250 g/mol. The third-order valence-corrected chi connectivity index (χ3v) is 3.18. The third kappa shape index (κ3) is 2.97. The van der Waals surface area contributed by atoms with Crippen LogP contribution in [0.3, 0.4) is 0 Å². The quantitative estimate of drug-likeness (QED) is 0.860. The first-order valence-corrected chi connectivity index (χ1v) is 6.57. The Morgan fingerprint density at radius 2 is 2.33 bits per heavy atom. The van der Waals surface area contributed by atoms with Gasteiger partial charge >= 0.3 is 0 Å². The fourth-order valence-corrected chi connectivity index (χ4v) is 2.21. The van der Waals surface area contributed by atoms with Gasteiger partial charge in [-0.15, -0.1) is 0 Å². The average molecular weight is 250 g/mol. The molecule has 1 aliphatic rings. The highest BCUT2D eigenvalue weighted by Crippen LogP contribution is 2.20. The number of anilines is 1. The normalized spacial score (nSPS) is 20.2. The van der Waals surface area contributed by atoms with E-state index in [1.807, 2.05) is 20.0 Å². The van der Waals surface area contributed by atoms with Gasteiger partial charge in [0.1, 0.15) is 0 Å². The Hall–Kier alpha value is -1.20. The molecule has 1 aromatic rings. The van der Waals surface area contributed by atoms with E-state index >= 15 is 0 Å². The topological polar surface area (TPSA) is 50.3 Å². The summed E-state index contributed by atoms with van der Waals surface area (Å²) in [4.78, 5) is 11.4. The van der Waals surface area contributed by atoms with Gasteiger partial charge < -0.3 is 15.0 Å². The van der Waals surface area contributed by atoms with Crippen LogP contribution in [0, 0.1) is 13.8 Å². The Morgan fingerprint density at radius 1 is 1.50 bits per heavy atom. The highest BCUT2D eigenvalue weighted by atomic mass is 16.5. The molecule has 1 aliphatic heterocycles. The molecule has 2 rings (SSSR count). The molecular formula is C13H22N4O. The maximum atomic E-state index is 5.57. The van der Waals surface area contributed by atoms with Crippen LogP contribution in [-0.4, -0.2) is 48.9 Å². The number of morpholine rings is 1. The van der Waals surface area contributed by atoms with Crippen molar-refractivity contribution in [3.8, 4) is 0 Å². The van der Waals surface area contributed by atoms with Crippen molar-refractivity contribution < 1.29 is 4.74 Å². The van der Waals surface area contributed by atoms with Gasteiger partial charge in [0.15, 0.2) is 5.82 Å². The van der Waals surface area contributed by atoms with Crippen LogP contribution in [0.15, 0.2) is 6.20 Å². The van der Waals surface area contributed by atoms with Crippen LogP contribution in [0.2, 0.25) is 0 Å². The molecule has 5 heteroatoms. The molecule has 2 heterocycles. The van der Waals surface area contributed by atoms with Gasteiger partial charge in [0.05, 0.1) is 30.6 Å². The van der Waals surface area contributed by atoms with Gasteiger partial charge in [-0.3, -0.25) is 4.98 Å². The van der Waals surface area contributed by atoms with Crippen molar-refractivity contribution in [2.45, 2.75) is 26.8 Å². The summed E-state index contributed by atoms with van der Waals surface area (Å²) >= 11 is 0. The van der Waals surface area contributed by atoms with E-state index in [0.29, 0.717) is 6.04 Å². The Morgan fingerprint density at radius 3 is 3.11 bits per heavy atom. The SMILES string of the molecule is CCNCC1COCCN1c1nc(C)cnc1C. The molecule has 0 spiro atoms. The number of hydrogen-bond acceptors (Lipinski definition) is 5. The van der Waals surface area contributed by atoms with Crippen molar-refractivity contribution in [2.75, 3.05) is 37.7 Å². The number of nitrogens with one attached hydrogen (secondary N) is 1. The van der Waals surface area contributed by atoms with E-state index in [1.165, 1.54) is 0 Å². The fraction of sp³-hybridized carbons (Fsp3) is 0.692. The minimum absolute atomic E-state index is 0.341. The third-order valence-electron chi connectivity index (χ3n) is 3.18. The number of likely N-dealkylation sites (N-methyl/N-ethyl adjacent to an activating group) is 1. The number of nitrogens with zero attached hydrogens (tertiary/aromatic N) is 3. The molecule has 1 fully saturated rings. The number of ether oxygens (including phenoxy) is 1. The van der Waals surface area contributed by atoms with Gasteiger partial charge in [0, 0.05) is 19.3 Å². The summed E-state index contributed by atoms with van der Waals surface area (Å²) in [6.45, 7) is 10.4. The summed E-state index contributed by atoms with van der Waals surface area (Å²) in [5.74, 6) is 1.00. The first-order chi connectivity index (χ1) is 8.72. The number of hydrogen-bond donors (Lipinski definition) is 1. The van der Waals surface area contributed by atoms with Crippen molar-refractivity contribution >= 4 is 5.82 Å². The zero-order chi connectivity index (χ0) is 13.0. The summed E-state index contributed by atoms with van der Waals surface area (Å²) in [5, 5.41) is 3.38. The van der Waals surface area contributed by atoms with Gasteiger partial charge in [-0.1, -0.05) is 6.92 Å². The van der Waals surface area contributed by atoms with Crippen molar-refractivity contribution in [3.63, 3.8) is 0 Å². The van der Waals surface area contributed by atoms with Crippen LogP contribution in [0.5, 0.6) is 0 Å². The molecule has 0 amide bonds. The lowest BCUT2D eigenvalue weighted by atomic mass is 10.2. The minimum atomic E-state index is 0.341. The molecule has 0 radical (unpaired) electrons. The standard InChI is InChI=1S/C13H22N4O/c1-4-14-8-12-9-18-6-5-17(12)13-11(3)15-7-10(2)16-13/h7,12,14H,4-6,8-9H2,1-3H3. The smallest absolute Gasteiger partial charge is 0.150 e. The number of aryl methyl sites for hydroxylation is 2. The summed E-state index contributed by atoms with van der Waals surface area (Å²) in [6, 6.07) is 0.341. The molecule has 1 saturated heterocycles. The van der Waals surface area contributed by atoms with Crippen LogP contribution >= 0.6 is 0 Å². The van der Waals surface area contributed by atoms with Crippen LogP contribution < -0.4 is 10.2 Å². The number of rotatable bonds is 4. The lowest BCUT2D eigenvalue weighted by Gasteiger charge is -2.37. The van der Waals surface area contributed by atoms with Crippen molar-refractivity contribution in [1.29, 1.82) is 0 Å². The van der Waals surface area contributed by atoms with E-state index in [1.54, 1.807) is 0 Å². The summed E-state index contributed by atoms with van der Waals surface area (Å²) in [5.41, 5.74) is 1.95. The van der Waals surface area contributed by atoms with Crippen LogP contribution in [-0.2, 0) is 4.74 Å². The lowest BCUT2D eigenvalue weighted by molar-refractivity contribution is 0.0934. The van der Waals surface area contributed by atoms with Crippen molar-refractivity contribution in [3.05, 3.63) is 17.6 Å². The Labute approximate surface area is 109 Å². The van der Waals surface area contributed by atoms with E-state index in [4.69, 9.17) is 4.74 Å². The molecule has 100 valence electrons. The van der Waals surface area contributed by atoms with Crippen LogP contribution in [0.4, 0.5) is 5.82 Å². The predicted octanol–water partition coefficient (Wildman–Crippen LogP) is 0.908. The van der Waals surface area contributed by atoms with Crippen molar-refractivity contribution in [1.82, 2.24) is 15.3 Å². The first kappa shape index (κ1) is 13.2. The number of aromatic nitrogens is 2. The van der Waals surface area contributed by atoms with Gasteiger partial charge in [-0.25, -0.2) is 4.98 Å². The lowest BCUT2D eigenvalue weighted by Crippen LogP contribution is -2.51. The predicted molar refractivity (Wildman–Crippen MR) is 72.0 cm³/mol. The van der Waals surface area contributed by atoms with E-state index in [0.717, 1.165) is 50.1 Å².